The van der Waals surface area contributed by atoms with Crippen LogP contribution in [0, 0.1) is 6.92 Å². The molecule has 3 rings (SSSR count). The van der Waals surface area contributed by atoms with Gasteiger partial charge >= 0.3 is 0 Å². The number of fused-ring (bicyclic) bond motifs is 1. The van der Waals surface area contributed by atoms with Crippen molar-refractivity contribution in [2.45, 2.75) is 6.92 Å². The molecule has 2 aromatic heterocycles. The van der Waals surface area contributed by atoms with E-state index in [1.807, 2.05) is 43.3 Å². The van der Waals surface area contributed by atoms with E-state index >= 15 is 0 Å². The topological polar surface area (TPSA) is 45.8 Å². The van der Waals surface area contributed by atoms with Crippen molar-refractivity contribution in [3.63, 3.8) is 0 Å². The highest BCUT2D eigenvalue weighted by molar-refractivity contribution is 5.96. The molecule has 0 amide bonds. The Kier molecular flexibility index (Phi) is 2.45. The third-order valence-corrected chi connectivity index (χ3v) is 3.07. The van der Waals surface area contributed by atoms with E-state index in [9.17, 15) is 4.79 Å². The van der Waals surface area contributed by atoms with E-state index in [0.717, 1.165) is 22.2 Å². The standard InChI is InChI=1S/C15H12N2O/c1-10-14(11-5-3-2-4-6-11)12-7-8-16-9-13(12)15(18)17-10/h2-9H,1H3,(H,17,18). The molecule has 2 heterocycles. The quantitative estimate of drug-likeness (QED) is 0.706. The van der Waals surface area contributed by atoms with Gasteiger partial charge in [-0.05, 0) is 23.9 Å². The van der Waals surface area contributed by atoms with Crippen LogP contribution in [-0.4, -0.2) is 9.97 Å². The number of aromatic amines is 1. The SMILES string of the molecule is Cc1[nH]c(=O)c2cnccc2c1-c1ccccc1. The molecular weight excluding hydrogens is 224 g/mol. The Morgan fingerprint density at radius 1 is 1.06 bits per heavy atom. The molecular formula is C15H12N2O. The van der Waals surface area contributed by atoms with Crippen LogP contribution in [-0.2, 0) is 0 Å². The number of aryl methyl sites for hydroxylation is 1. The first-order chi connectivity index (χ1) is 8.77. The molecule has 3 nitrogen and oxygen atoms in total. The van der Waals surface area contributed by atoms with Crippen LogP contribution in [0.3, 0.4) is 0 Å². The van der Waals surface area contributed by atoms with Gasteiger partial charge in [-0.1, -0.05) is 30.3 Å². The monoisotopic (exact) mass is 236 g/mol. The van der Waals surface area contributed by atoms with E-state index in [2.05, 4.69) is 9.97 Å². The summed E-state index contributed by atoms with van der Waals surface area (Å²) in [5.41, 5.74) is 2.95. The fraction of sp³-hybridized carbons (Fsp3) is 0.0667. The average molecular weight is 236 g/mol. The predicted octanol–water partition coefficient (Wildman–Crippen LogP) is 2.90. The number of nitrogens with zero attached hydrogens (tertiary/aromatic N) is 1. The van der Waals surface area contributed by atoms with Crippen LogP contribution in [0.4, 0.5) is 0 Å². The maximum Gasteiger partial charge on any atom is 0.257 e. The summed E-state index contributed by atoms with van der Waals surface area (Å²) >= 11 is 0. The number of hydrogen-bond acceptors (Lipinski definition) is 2. The van der Waals surface area contributed by atoms with Crippen LogP contribution >= 0.6 is 0 Å². The van der Waals surface area contributed by atoms with E-state index in [0.29, 0.717) is 5.39 Å². The molecule has 0 unspecified atom stereocenters. The van der Waals surface area contributed by atoms with Crippen molar-refractivity contribution in [2.75, 3.05) is 0 Å². The van der Waals surface area contributed by atoms with Gasteiger partial charge in [0.2, 0.25) is 0 Å². The van der Waals surface area contributed by atoms with Gasteiger partial charge in [0.1, 0.15) is 0 Å². The zero-order chi connectivity index (χ0) is 12.5. The Balaban J connectivity index is 2.46. The lowest BCUT2D eigenvalue weighted by molar-refractivity contribution is 1.17. The minimum Gasteiger partial charge on any atom is -0.325 e. The fourth-order valence-electron chi connectivity index (χ4n) is 2.27. The van der Waals surface area contributed by atoms with Gasteiger partial charge in [-0.2, -0.15) is 0 Å². The number of H-pyrrole nitrogens is 1. The maximum absolute atomic E-state index is 11.9. The average Bonchev–Trinajstić information content (AvgIpc) is 2.40. The normalized spacial score (nSPS) is 10.7. The van der Waals surface area contributed by atoms with Gasteiger partial charge in [0.15, 0.2) is 0 Å². The highest BCUT2D eigenvalue weighted by Crippen LogP contribution is 2.28. The largest absolute Gasteiger partial charge is 0.325 e. The Morgan fingerprint density at radius 2 is 1.83 bits per heavy atom. The van der Waals surface area contributed by atoms with E-state index in [-0.39, 0.29) is 5.56 Å². The van der Waals surface area contributed by atoms with Crippen molar-refractivity contribution < 1.29 is 0 Å². The Morgan fingerprint density at radius 3 is 2.61 bits per heavy atom. The van der Waals surface area contributed by atoms with E-state index in [1.54, 1.807) is 12.4 Å². The summed E-state index contributed by atoms with van der Waals surface area (Å²) in [6.07, 6.45) is 3.33. The predicted molar refractivity (Wildman–Crippen MR) is 72.5 cm³/mol. The van der Waals surface area contributed by atoms with E-state index in [1.165, 1.54) is 0 Å². The number of benzene rings is 1. The van der Waals surface area contributed by atoms with Crippen LogP contribution in [0.5, 0.6) is 0 Å². The molecule has 0 spiro atoms. The molecule has 0 saturated heterocycles. The van der Waals surface area contributed by atoms with Gasteiger partial charge in [0.05, 0.1) is 5.39 Å². The summed E-state index contributed by atoms with van der Waals surface area (Å²) < 4.78 is 0. The van der Waals surface area contributed by atoms with Crippen LogP contribution in [0.15, 0.2) is 53.6 Å². The van der Waals surface area contributed by atoms with Crippen LogP contribution in [0.1, 0.15) is 5.69 Å². The van der Waals surface area contributed by atoms with Gasteiger partial charge in [-0.25, -0.2) is 0 Å². The molecule has 0 aliphatic heterocycles. The molecule has 0 bridgehead atoms. The summed E-state index contributed by atoms with van der Waals surface area (Å²) in [5, 5.41) is 1.57. The summed E-state index contributed by atoms with van der Waals surface area (Å²) in [5.74, 6) is 0. The Bertz CT molecular complexity index is 760. The second-order valence-corrected chi connectivity index (χ2v) is 4.24. The number of hydrogen-bond donors (Lipinski definition) is 1. The first-order valence-corrected chi connectivity index (χ1v) is 5.79. The van der Waals surface area contributed by atoms with Crippen molar-refractivity contribution in [2.24, 2.45) is 0 Å². The first kappa shape index (κ1) is 10.7. The number of nitrogens with one attached hydrogen (secondary N) is 1. The van der Waals surface area contributed by atoms with Crippen LogP contribution in [0.2, 0.25) is 0 Å². The molecule has 18 heavy (non-hydrogen) atoms. The molecule has 3 aromatic rings. The summed E-state index contributed by atoms with van der Waals surface area (Å²) in [6.45, 7) is 1.92. The van der Waals surface area contributed by atoms with Crippen molar-refractivity contribution in [3.8, 4) is 11.1 Å². The third-order valence-electron chi connectivity index (χ3n) is 3.07. The summed E-state index contributed by atoms with van der Waals surface area (Å²) in [7, 11) is 0. The molecule has 1 N–H and O–H groups in total. The molecule has 0 radical (unpaired) electrons. The molecule has 0 aliphatic rings. The number of aromatic nitrogens is 2. The molecule has 0 aliphatic carbocycles. The molecule has 0 fully saturated rings. The smallest absolute Gasteiger partial charge is 0.257 e. The van der Waals surface area contributed by atoms with Crippen LogP contribution < -0.4 is 5.56 Å². The van der Waals surface area contributed by atoms with Gasteiger partial charge in [0.25, 0.3) is 5.56 Å². The Labute approximate surface area is 104 Å². The van der Waals surface area contributed by atoms with Crippen molar-refractivity contribution in [3.05, 3.63) is 64.8 Å². The minimum absolute atomic E-state index is 0.0877. The highest BCUT2D eigenvalue weighted by atomic mass is 16.1. The van der Waals surface area contributed by atoms with Gasteiger partial charge in [0, 0.05) is 23.7 Å². The molecule has 0 atom stereocenters. The van der Waals surface area contributed by atoms with Crippen molar-refractivity contribution >= 4 is 10.8 Å². The van der Waals surface area contributed by atoms with Gasteiger partial charge in [-0.3, -0.25) is 9.78 Å². The lowest BCUT2D eigenvalue weighted by Gasteiger charge is -2.09. The molecule has 88 valence electrons. The van der Waals surface area contributed by atoms with E-state index < -0.39 is 0 Å². The second kappa shape index (κ2) is 4.11. The van der Waals surface area contributed by atoms with E-state index in [4.69, 9.17) is 0 Å². The second-order valence-electron chi connectivity index (χ2n) is 4.24. The summed E-state index contributed by atoms with van der Waals surface area (Å²) in [4.78, 5) is 18.8. The molecule has 1 aromatic carbocycles. The lowest BCUT2D eigenvalue weighted by atomic mass is 9.99. The highest BCUT2D eigenvalue weighted by Gasteiger charge is 2.09. The third kappa shape index (κ3) is 1.61. The van der Waals surface area contributed by atoms with Crippen molar-refractivity contribution in [1.29, 1.82) is 0 Å². The number of rotatable bonds is 1. The molecule has 0 saturated carbocycles. The maximum atomic E-state index is 11.9. The lowest BCUT2D eigenvalue weighted by Crippen LogP contribution is -2.09. The minimum atomic E-state index is -0.0877. The Hall–Kier alpha value is -2.42. The first-order valence-electron chi connectivity index (χ1n) is 5.79. The van der Waals surface area contributed by atoms with Gasteiger partial charge < -0.3 is 4.98 Å². The molecule has 3 heteroatoms. The summed E-state index contributed by atoms with van der Waals surface area (Å²) in [6, 6.07) is 11.9. The zero-order valence-electron chi connectivity index (χ0n) is 9.97. The zero-order valence-corrected chi connectivity index (χ0v) is 9.97. The fourth-order valence-corrected chi connectivity index (χ4v) is 2.27. The van der Waals surface area contributed by atoms with Crippen LogP contribution in [0.25, 0.3) is 21.9 Å². The van der Waals surface area contributed by atoms with Gasteiger partial charge in [-0.15, -0.1) is 0 Å². The van der Waals surface area contributed by atoms with Crippen molar-refractivity contribution in [1.82, 2.24) is 9.97 Å². The number of pyridine rings is 2.